The van der Waals surface area contributed by atoms with E-state index in [1.54, 1.807) is 0 Å². The Hall–Kier alpha value is -0.490. The Balaban J connectivity index is 1.82. The van der Waals surface area contributed by atoms with Crippen LogP contribution in [0, 0.1) is 5.82 Å². The van der Waals surface area contributed by atoms with E-state index < -0.39 is 0 Å². The third-order valence-electron chi connectivity index (χ3n) is 3.39. The average molecular weight is 332 g/mol. The van der Waals surface area contributed by atoms with E-state index in [9.17, 15) is 4.39 Å². The van der Waals surface area contributed by atoms with Gasteiger partial charge in [0, 0.05) is 29.7 Å². The highest BCUT2D eigenvalue weighted by atomic mass is 79.9. The molecular formula is C14H19BrFNO2. The minimum Gasteiger partial charge on any atom is -0.394 e. The molecule has 1 N–H and O–H groups in total. The number of hydrogen-bond donors (Lipinski definition) is 1. The van der Waals surface area contributed by atoms with Gasteiger partial charge in [-0.1, -0.05) is 22.0 Å². The zero-order valence-electron chi connectivity index (χ0n) is 10.8. The number of nitrogens with zero attached hydrogens (tertiary/aromatic N) is 1. The lowest BCUT2D eigenvalue weighted by Gasteiger charge is -2.31. The molecule has 1 aromatic carbocycles. The molecule has 19 heavy (non-hydrogen) atoms. The number of rotatable bonds is 5. The summed E-state index contributed by atoms with van der Waals surface area (Å²) in [7, 11) is 0. The Bertz CT molecular complexity index is 408. The molecule has 1 saturated heterocycles. The van der Waals surface area contributed by atoms with Crippen molar-refractivity contribution < 1.29 is 14.2 Å². The summed E-state index contributed by atoms with van der Waals surface area (Å²) in [6.07, 6.45) is 2.12. The highest BCUT2D eigenvalue weighted by molar-refractivity contribution is 9.10. The lowest BCUT2D eigenvalue weighted by Crippen LogP contribution is -2.37. The molecule has 1 aliphatic heterocycles. The quantitative estimate of drug-likeness (QED) is 0.900. The van der Waals surface area contributed by atoms with Gasteiger partial charge in [-0.2, -0.15) is 0 Å². The predicted molar refractivity (Wildman–Crippen MR) is 75.4 cm³/mol. The molecule has 5 heteroatoms. The number of hydrogen-bond acceptors (Lipinski definition) is 3. The molecule has 0 aromatic heterocycles. The minimum absolute atomic E-state index is 0.0737. The molecule has 0 saturated carbocycles. The maximum atomic E-state index is 13.7. The standard InChI is InChI=1S/C14H19BrFNO2/c15-12-2-1-11(14(16)9-12)10-17-5-3-13(4-6-17)19-8-7-18/h1-2,9,13,18H,3-8,10H2. The smallest absolute Gasteiger partial charge is 0.128 e. The number of benzene rings is 1. The van der Waals surface area contributed by atoms with Crippen LogP contribution in [-0.4, -0.2) is 42.4 Å². The first-order chi connectivity index (χ1) is 9.19. The Kier molecular flexibility index (Phi) is 5.76. The van der Waals surface area contributed by atoms with E-state index in [0.29, 0.717) is 13.2 Å². The van der Waals surface area contributed by atoms with Crippen LogP contribution in [0.4, 0.5) is 4.39 Å². The molecule has 0 spiro atoms. The number of ether oxygens (including phenoxy) is 1. The Labute approximate surface area is 121 Å². The highest BCUT2D eigenvalue weighted by Crippen LogP contribution is 2.20. The van der Waals surface area contributed by atoms with Crippen molar-refractivity contribution in [2.24, 2.45) is 0 Å². The number of halogens is 2. The number of likely N-dealkylation sites (tertiary alicyclic amines) is 1. The molecule has 0 aliphatic carbocycles. The van der Waals surface area contributed by atoms with E-state index in [1.807, 2.05) is 12.1 Å². The van der Waals surface area contributed by atoms with Gasteiger partial charge in [-0.25, -0.2) is 4.39 Å². The molecule has 0 bridgehead atoms. The molecule has 1 heterocycles. The molecule has 1 fully saturated rings. The van der Waals surface area contributed by atoms with Gasteiger partial charge in [0.2, 0.25) is 0 Å². The third kappa shape index (κ3) is 4.53. The lowest BCUT2D eigenvalue weighted by molar-refractivity contribution is -0.00914. The molecule has 1 aromatic rings. The van der Waals surface area contributed by atoms with Gasteiger partial charge in [0.25, 0.3) is 0 Å². The zero-order chi connectivity index (χ0) is 13.7. The lowest BCUT2D eigenvalue weighted by atomic mass is 10.1. The van der Waals surface area contributed by atoms with Crippen molar-refractivity contribution >= 4 is 15.9 Å². The first-order valence-corrected chi connectivity index (χ1v) is 7.37. The van der Waals surface area contributed by atoms with Crippen LogP contribution in [0.2, 0.25) is 0 Å². The first-order valence-electron chi connectivity index (χ1n) is 6.58. The van der Waals surface area contributed by atoms with Gasteiger partial charge in [-0.15, -0.1) is 0 Å². The van der Waals surface area contributed by atoms with Gasteiger partial charge in [-0.05, 0) is 25.0 Å². The molecule has 0 amide bonds. The molecule has 0 atom stereocenters. The Morgan fingerprint density at radius 1 is 1.37 bits per heavy atom. The number of piperidine rings is 1. The van der Waals surface area contributed by atoms with Crippen LogP contribution in [0.3, 0.4) is 0 Å². The zero-order valence-corrected chi connectivity index (χ0v) is 12.4. The number of aliphatic hydroxyl groups is 1. The summed E-state index contributed by atoms with van der Waals surface area (Å²) in [5.41, 5.74) is 0.734. The van der Waals surface area contributed by atoms with Crippen molar-refractivity contribution in [3.05, 3.63) is 34.1 Å². The summed E-state index contributed by atoms with van der Waals surface area (Å²) in [4.78, 5) is 2.24. The maximum Gasteiger partial charge on any atom is 0.128 e. The normalized spacial score (nSPS) is 17.8. The van der Waals surface area contributed by atoms with Crippen LogP contribution in [0.25, 0.3) is 0 Å². The van der Waals surface area contributed by atoms with E-state index in [-0.39, 0.29) is 18.5 Å². The van der Waals surface area contributed by atoms with Crippen molar-refractivity contribution in [3.8, 4) is 0 Å². The van der Waals surface area contributed by atoms with Gasteiger partial charge in [0.05, 0.1) is 19.3 Å². The minimum atomic E-state index is -0.159. The second-order valence-corrected chi connectivity index (χ2v) is 5.72. The van der Waals surface area contributed by atoms with Crippen molar-refractivity contribution in [3.63, 3.8) is 0 Å². The van der Waals surface area contributed by atoms with Crippen LogP contribution in [0.5, 0.6) is 0 Å². The molecule has 0 radical (unpaired) electrons. The monoisotopic (exact) mass is 331 g/mol. The molecule has 0 unspecified atom stereocenters. The fourth-order valence-electron chi connectivity index (χ4n) is 2.34. The van der Waals surface area contributed by atoms with Crippen molar-refractivity contribution in [2.75, 3.05) is 26.3 Å². The van der Waals surface area contributed by atoms with E-state index in [2.05, 4.69) is 20.8 Å². The maximum absolute atomic E-state index is 13.7. The predicted octanol–water partition coefficient (Wildman–Crippen LogP) is 2.56. The molecule has 3 nitrogen and oxygen atoms in total. The third-order valence-corrected chi connectivity index (χ3v) is 3.88. The summed E-state index contributed by atoms with van der Waals surface area (Å²) in [6, 6.07) is 5.20. The molecule has 2 rings (SSSR count). The van der Waals surface area contributed by atoms with E-state index >= 15 is 0 Å². The fourth-order valence-corrected chi connectivity index (χ4v) is 2.68. The van der Waals surface area contributed by atoms with Gasteiger partial charge in [0.1, 0.15) is 5.82 Å². The topological polar surface area (TPSA) is 32.7 Å². The second kappa shape index (κ2) is 7.33. The summed E-state index contributed by atoms with van der Waals surface area (Å²) in [5, 5.41) is 8.72. The highest BCUT2D eigenvalue weighted by Gasteiger charge is 2.20. The van der Waals surface area contributed by atoms with Crippen LogP contribution >= 0.6 is 15.9 Å². The SMILES string of the molecule is OCCOC1CCN(Cc2ccc(Br)cc2F)CC1. The van der Waals surface area contributed by atoms with Crippen LogP contribution in [0.15, 0.2) is 22.7 Å². The second-order valence-electron chi connectivity index (χ2n) is 4.81. The van der Waals surface area contributed by atoms with Crippen molar-refractivity contribution in [1.82, 2.24) is 4.90 Å². The van der Waals surface area contributed by atoms with E-state index in [4.69, 9.17) is 9.84 Å². The summed E-state index contributed by atoms with van der Waals surface area (Å²) < 4.78 is 20.0. The van der Waals surface area contributed by atoms with Gasteiger partial charge < -0.3 is 9.84 Å². The average Bonchev–Trinajstić information content (AvgIpc) is 2.41. The van der Waals surface area contributed by atoms with Crippen LogP contribution < -0.4 is 0 Å². The van der Waals surface area contributed by atoms with Crippen LogP contribution in [0.1, 0.15) is 18.4 Å². The molecular weight excluding hydrogens is 313 g/mol. The van der Waals surface area contributed by atoms with Crippen molar-refractivity contribution in [2.45, 2.75) is 25.5 Å². The number of aliphatic hydroxyl groups excluding tert-OH is 1. The Morgan fingerprint density at radius 2 is 2.11 bits per heavy atom. The summed E-state index contributed by atoms with van der Waals surface area (Å²) in [6.45, 7) is 2.94. The molecule has 1 aliphatic rings. The van der Waals surface area contributed by atoms with Crippen LogP contribution in [-0.2, 0) is 11.3 Å². The summed E-state index contributed by atoms with van der Waals surface area (Å²) >= 11 is 3.26. The summed E-state index contributed by atoms with van der Waals surface area (Å²) in [5.74, 6) is -0.159. The Morgan fingerprint density at radius 3 is 2.74 bits per heavy atom. The van der Waals surface area contributed by atoms with Gasteiger partial charge in [0.15, 0.2) is 0 Å². The van der Waals surface area contributed by atoms with E-state index in [0.717, 1.165) is 36.0 Å². The van der Waals surface area contributed by atoms with Gasteiger partial charge >= 0.3 is 0 Å². The molecule has 106 valence electrons. The van der Waals surface area contributed by atoms with Crippen molar-refractivity contribution in [1.29, 1.82) is 0 Å². The fraction of sp³-hybridized carbons (Fsp3) is 0.571. The first kappa shape index (κ1) is 14.9. The van der Waals surface area contributed by atoms with Gasteiger partial charge in [-0.3, -0.25) is 4.90 Å². The van der Waals surface area contributed by atoms with E-state index in [1.165, 1.54) is 6.07 Å². The largest absolute Gasteiger partial charge is 0.394 e.